The number of carbonyl (C=O) groups excluding carboxylic acids is 2. The number of aromatic nitrogens is 2. The Morgan fingerprint density at radius 1 is 1.32 bits per heavy atom. The number of benzene rings is 1. The van der Waals surface area contributed by atoms with Crippen LogP contribution in [0.2, 0.25) is 0 Å². The molecule has 9 heteroatoms. The molecule has 28 heavy (non-hydrogen) atoms. The molecule has 1 atom stereocenters. The summed E-state index contributed by atoms with van der Waals surface area (Å²) in [4.78, 5) is 26.6. The Morgan fingerprint density at radius 3 is 2.71 bits per heavy atom. The number of likely N-dealkylation sites (tertiary alicyclic amines) is 1. The number of carbonyl (C=O) groups is 2. The number of hydrogen-bond acceptors (Lipinski definition) is 6. The maximum atomic E-state index is 13.8. The van der Waals surface area contributed by atoms with Gasteiger partial charge in [0.1, 0.15) is 5.82 Å². The first-order valence-corrected chi connectivity index (χ1v) is 11.0. The third kappa shape index (κ3) is 5.08. The Bertz CT molecular complexity index is 837. The number of hydrogen-bond donors (Lipinski definition) is 1. The van der Waals surface area contributed by atoms with Crippen LogP contribution in [-0.4, -0.2) is 45.3 Å². The number of amides is 2. The molecule has 150 valence electrons. The average molecular weight is 423 g/mol. The van der Waals surface area contributed by atoms with Crippen molar-refractivity contribution >= 4 is 40.0 Å². The van der Waals surface area contributed by atoms with E-state index in [0.717, 1.165) is 10.8 Å². The minimum atomic E-state index is -0.519. The van der Waals surface area contributed by atoms with Gasteiger partial charge >= 0.3 is 0 Å². The lowest BCUT2D eigenvalue weighted by molar-refractivity contribution is -0.121. The fourth-order valence-corrected chi connectivity index (χ4v) is 4.92. The normalized spacial score (nSPS) is 16.0. The van der Waals surface area contributed by atoms with Gasteiger partial charge < -0.3 is 10.2 Å². The van der Waals surface area contributed by atoms with Crippen LogP contribution in [0.5, 0.6) is 0 Å². The number of piperidine rings is 1. The van der Waals surface area contributed by atoms with Gasteiger partial charge in [0.2, 0.25) is 11.0 Å². The maximum Gasteiger partial charge on any atom is 0.256 e. The first-order valence-electron chi connectivity index (χ1n) is 9.32. The van der Waals surface area contributed by atoms with Crippen LogP contribution >= 0.6 is 23.1 Å². The first kappa shape index (κ1) is 20.7. The summed E-state index contributed by atoms with van der Waals surface area (Å²) in [6.45, 7) is 5.10. The van der Waals surface area contributed by atoms with Crippen LogP contribution in [0.25, 0.3) is 0 Å². The number of thioether (sulfide) groups is 1. The Balaban J connectivity index is 1.51. The van der Waals surface area contributed by atoms with Crippen LogP contribution in [0.15, 0.2) is 28.6 Å². The van der Waals surface area contributed by atoms with E-state index in [1.807, 2.05) is 0 Å². The van der Waals surface area contributed by atoms with E-state index in [2.05, 4.69) is 29.4 Å². The zero-order valence-corrected chi connectivity index (χ0v) is 17.5. The summed E-state index contributed by atoms with van der Waals surface area (Å²) in [5, 5.41) is 11.9. The topological polar surface area (TPSA) is 75.2 Å². The van der Waals surface area contributed by atoms with Crippen LogP contribution < -0.4 is 5.32 Å². The first-order chi connectivity index (χ1) is 13.5. The highest BCUT2D eigenvalue weighted by molar-refractivity contribution is 8.01. The molecule has 0 saturated carbocycles. The predicted octanol–water partition coefficient (Wildman–Crippen LogP) is 4.06. The van der Waals surface area contributed by atoms with E-state index in [0.29, 0.717) is 36.3 Å². The SMILES string of the molecule is CCC(C)Sc1nnc(NC(=O)C2CCN(C(=O)c3ccccc3F)CC2)s1. The van der Waals surface area contributed by atoms with E-state index in [1.165, 1.54) is 23.5 Å². The molecule has 1 saturated heterocycles. The highest BCUT2D eigenvalue weighted by atomic mass is 32.2. The van der Waals surface area contributed by atoms with Crippen LogP contribution in [0.1, 0.15) is 43.5 Å². The number of nitrogens with zero attached hydrogens (tertiary/aromatic N) is 3. The lowest BCUT2D eigenvalue weighted by Gasteiger charge is -2.31. The highest BCUT2D eigenvalue weighted by Gasteiger charge is 2.29. The molecule has 2 amide bonds. The van der Waals surface area contributed by atoms with Crippen molar-refractivity contribution in [3.63, 3.8) is 0 Å². The van der Waals surface area contributed by atoms with E-state index < -0.39 is 5.82 Å². The van der Waals surface area contributed by atoms with Crippen molar-refractivity contribution in [2.24, 2.45) is 5.92 Å². The van der Waals surface area contributed by atoms with E-state index in [1.54, 1.807) is 28.8 Å². The summed E-state index contributed by atoms with van der Waals surface area (Å²) in [5.74, 6) is -1.14. The molecule has 2 heterocycles. The second-order valence-electron chi connectivity index (χ2n) is 6.75. The number of anilines is 1. The minimum Gasteiger partial charge on any atom is -0.339 e. The molecule has 3 rings (SSSR count). The van der Waals surface area contributed by atoms with Gasteiger partial charge in [0, 0.05) is 24.3 Å². The lowest BCUT2D eigenvalue weighted by atomic mass is 9.95. The second kappa shape index (κ2) is 9.47. The summed E-state index contributed by atoms with van der Waals surface area (Å²) < 4.78 is 14.7. The molecule has 1 aromatic heterocycles. The van der Waals surface area contributed by atoms with Crippen molar-refractivity contribution in [3.8, 4) is 0 Å². The van der Waals surface area contributed by atoms with Crippen LogP contribution in [-0.2, 0) is 4.79 Å². The Morgan fingerprint density at radius 2 is 2.04 bits per heavy atom. The zero-order valence-electron chi connectivity index (χ0n) is 15.9. The van der Waals surface area contributed by atoms with Crippen LogP contribution in [0, 0.1) is 11.7 Å². The third-order valence-electron chi connectivity index (χ3n) is 4.77. The van der Waals surface area contributed by atoms with Gasteiger partial charge in [-0.25, -0.2) is 4.39 Å². The molecule has 1 aliphatic rings. The summed E-state index contributed by atoms with van der Waals surface area (Å²) in [5.41, 5.74) is 0.0746. The van der Waals surface area contributed by atoms with Crippen molar-refractivity contribution < 1.29 is 14.0 Å². The molecule has 0 bridgehead atoms. The van der Waals surface area contributed by atoms with Crippen molar-refractivity contribution in [2.75, 3.05) is 18.4 Å². The molecule has 1 unspecified atom stereocenters. The van der Waals surface area contributed by atoms with Gasteiger partial charge in [0.05, 0.1) is 5.56 Å². The Hall–Kier alpha value is -2.00. The van der Waals surface area contributed by atoms with Crippen molar-refractivity contribution in [1.29, 1.82) is 0 Å². The third-order valence-corrected chi connectivity index (χ3v) is 6.96. The number of halogens is 1. The predicted molar refractivity (Wildman–Crippen MR) is 109 cm³/mol. The van der Waals surface area contributed by atoms with Gasteiger partial charge in [-0.15, -0.1) is 10.2 Å². The molecule has 0 aliphatic carbocycles. The molecule has 1 aliphatic heterocycles. The Labute approximate surface area is 171 Å². The molecule has 0 spiro atoms. The summed E-state index contributed by atoms with van der Waals surface area (Å²) in [6.07, 6.45) is 2.12. The van der Waals surface area contributed by atoms with E-state index in [9.17, 15) is 14.0 Å². The van der Waals surface area contributed by atoms with Crippen molar-refractivity contribution in [2.45, 2.75) is 42.7 Å². The van der Waals surface area contributed by atoms with Gasteiger partial charge in [-0.1, -0.05) is 49.1 Å². The molecule has 1 aromatic carbocycles. The van der Waals surface area contributed by atoms with Gasteiger partial charge in [0.25, 0.3) is 5.91 Å². The summed E-state index contributed by atoms with van der Waals surface area (Å²) in [6, 6.07) is 5.97. The van der Waals surface area contributed by atoms with E-state index >= 15 is 0 Å². The van der Waals surface area contributed by atoms with Gasteiger partial charge in [-0.3, -0.25) is 9.59 Å². The molecule has 6 nitrogen and oxygen atoms in total. The maximum absolute atomic E-state index is 13.8. The highest BCUT2D eigenvalue weighted by Crippen LogP contribution is 2.30. The fraction of sp³-hybridized carbons (Fsp3) is 0.474. The van der Waals surface area contributed by atoms with Crippen molar-refractivity contribution in [3.05, 3.63) is 35.6 Å². The van der Waals surface area contributed by atoms with Crippen LogP contribution in [0.4, 0.5) is 9.52 Å². The van der Waals surface area contributed by atoms with E-state index in [4.69, 9.17) is 0 Å². The van der Waals surface area contributed by atoms with Gasteiger partial charge in [-0.05, 0) is 31.4 Å². The monoisotopic (exact) mass is 422 g/mol. The average Bonchev–Trinajstić information content (AvgIpc) is 3.14. The molecule has 2 aromatic rings. The minimum absolute atomic E-state index is 0.0746. The molecular weight excluding hydrogens is 399 g/mol. The zero-order chi connectivity index (χ0) is 20.1. The van der Waals surface area contributed by atoms with Gasteiger partial charge in [0.15, 0.2) is 4.34 Å². The van der Waals surface area contributed by atoms with Gasteiger partial charge in [-0.2, -0.15) is 0 Å². The molecule has 1 N–H and O–H groups in total. The van der Waals surface area contributed by atoms with E-state index in [-0.39, 0.29) is 23.3 Å². The number of rotatable bonds is 6. The summed E-state index contributed by atoms with van der Waals surface area (Å²) in [7, 11) is 0. The van der Waals surface area contributed by atoms with Crippen molar-refractivity contribution in [1.82, 2.24) is 15.1 Å². The molecular formula is C19H23FN4O2S2. The second-order valence-corrected chi connectivity index (χ2v) is 9.41. The summed E-state index contributed by atoms with van der Waals surface area (Å²) >= 11 is 3.02. The standard InChI is InChI=1S/C19H23FN4O2S2/c1-3-12(2)27-19-23-22-18(28-19)21-16(25)13-8-10-24(11-9-13)17(26)14-6-4-5-7-15(14)20/h4-7,12-13H,3,8-11H2,1-2H3,(H,21,22,25). The quantitative estimate of drug-likeness (QED) is 0.561. The largest absolute Gasteiger partial charge is 0.339 e. The lowest BCUT2D eigenvalue weighted by Crippen LogP contribution is -2.41. The fourth-order valence-electron chi connectivity index (χ4n) is 2.92. The Kier molecular flexibility index (Phi) is 7.01. The van der Waals surface area contributed by atoms with Crippen LogP contribution in [0.3, 0.4) is 0 Å². The smallest absolute Gasteiger partial charge is 0.256 e. The number of nitrogens with one attached hydrogen (secondary N) is 1. The molecule has 1 fully saturated rings. The molecule has 0 radical (unpaired) electrons.